The van der Waals surface area contributed by atoms with Gasteiger partial charge in [0.05, 0.1) is 4.34 Å². The maximum atomic E-state index is 11.1. The second-order valence-electron chi connectivity index (χ2n) is 2.83. The molecule has 2 rings (SSSR count). The fourth-order valence-corrected chi connectivity index (χ4v) is 3.51. The van der Waals surface area contributed by atoms with Crippen molar-refractivity contribution in [2.75, 3.05) is 0 Å². The first-order chi connectivity index (χ1) is 7.08. The number of rotatable bonds is 2. The number of thiazole rings is 1. The molecule has 0 fully saturated rings. The van der Waals surface area contributed by atoms with Gasteiger partial charge in [-0.25, -0.2) is 4.98 Å². The molecule has 78 valence electrons. The summed E-state index contributed by atoms with van der Waals surface area (Å²) in [5, 5.41) is 2.45. The molecule has 0 bridgehead atoms. The Morgan fingerprint density at radius 2 is 2.20 bits per heavy atom. The van der Waals surface area contributed by atoms with Gasteiger partial charge in [-0.2, -0.15) is 0 Å². The van der Waals surface area contributed by atoms with E-state index in [2.05, 4.69) is 4.98 Å². The largest absolute Gasteiger partial charge is 0.293 e. The number of hydrogen-bond donors (Lipinski definition) is 0. The highest BCUT2D eigenvalue weighted by molar-refractivity contribution is 7.21. The van der Waals surface area contributed by atoms with E-state index in [0.717, 1.165) is 10.6 Å². The molecular formula is C9H5Cl2NOS2. The number of carbonyl (C=O) groups is 1. The number of ketones is 1. The summed E-state index contributed by atoms with van der Waals surface area (Å²) in [7, 11) is 0. The fraction of sp³-hybridized carbons (Fsp3) is 0.111. The maximum absolute atomic E-state index is 11.1. The van der Waals surface area contributed by atoms with Crippen molar-refractivity contribution in [3.63, 3.8) is 0 Å². The number of halogens is 2. The first-order valence-electron chi connectivity index (χ1n) is 3.99. The minimum atomic E-state index is -0.0463. The average Bonchev–Trinajstić information content (AvgIpc) is 2.71. The lowest BCUT2D eigenvalue weighted by Gasteiger charge is -1.90. The predicted molar refractivity (Wildman–Crippen MR) is 65.5 cm³/mol. The highest BCUT2D eigenvalue weighted by Crippen LogP contribution is 2.39. The van der Waals surface area contributed by atoms with Gasteiger partial charge in [0.2, 0.25) is 0 Å². The van der Waals surface area contributed by atoms with Gasteiger partial charge in [-0.05, 0) is 6.07 Å². The summed E-state index contributed by atoms with van der Waals surface area (Å²) < 4.78 is 1.22. The Hall–Kier alpha value is -0.420. The number of carbonyl (C=O) groups excluding carboxylic acids is 1. The van der Waals surface area contributed by atoms with Gasteiger partial charge in [-0.15, -0.1) is 22.7 Å². The summed E-state index contributed by atoms with van der Waals surface area (Å²) in [4.78, 5) is 15.3. The van der Waals surface area contributed by atoms with Gasteiger partial charge < -0.3 is 0 Å². The van der Waals surface area contributed by atoms with Crippen LogP contribution in [-0.4, -0.2) is 10.8 Å². The van der Waals surface area contributed by atoms with Crippen molar-refractivity contribution in [3.05, 3.63) is 25.8 Å². The van der Waals surface area contributed by atoms with Gasteiger partial charge in [0.1, 0.15) is 15.0 Å². The zero-order chi connectivity index (χ0) is 11.0. The van der Waals surface area contributed by atoms with Crippen LogP contribution in [0, 0.1) is 0 Å². The van der Waals surface area contributed by atoms with Gasteiger partial charge in [-0.1, -0.05) is 23.2 Å². The molecule has 0 aliphatic carbocycles. The van der Waals surface area contributed by atoms with E-state index in [1.807, 2.05) is 0 Å². The van der Waals surface area contributed by atoms with E-state index < -0.39 is 0 Å². The van der Waals surface area contributed by atoms with Crippen molar-refractivity contribution in [2.24, 2.45) is 0 Å². The van der Waals surface area contributed by atoms with Crippen LogP contribution in [0.25, 0.3) is 10.6 Å². The van der Waals surface area contributed by atoms with Crippen LogP contribution >= 0.6 is 45.9 Å². The molecule has 0 aliphatic rings. The van der Waals surface area contributed by atoms with E-state index in [1.54, 1.807) is 11.4 Å². The van der Waals surface area contributed by atoms with Crippen LogP contribution in [0.4, 0.5) is 0 Å². The zero-order valence-electron chi connectivity index (χ0n) is 7.58. The summed E-state index contributed by atoms with van der Waals surface area (Å²) >= 11 is 14.5. The Morgan fingerprint density at radius 3 is 2.67 bits per heavy atom. The second-order valence-corrected chi connectivity index (χ2v) is 5.98. The van der Waals surface area contributed by atoms with Crippen LogP contribution in [0.5, 0.6) is 0 Å². The lowest BCUT2D eigenvalue weighted by Crippen LogP contribution is -1.90. The summed E-state index contributed by atoms with van der Waals surface area (Å²) in [5.74, 6) is -0.0463. The number of nitrogens with zero attached hydrogens (tertiary/aromatic N) is 1. The lowest BCUT2D eigenvalue weighted by atomic mass is 10.3. The molecule has 6 heteroatoms. The van der Waals surface area contributed by atoms with Gasteiger partial charge >= 0.3 is 0 Å². The van der Waals surface area contributed by atoms with Crippen LogP contribution in [0.2, 0.25) is 8.67 Å². The summed E-state index contributed by atoms with van der Waals surface area (Å²) in [5.41, 5.74) is 1.26. The Morgan fingerprint density at radius 1 is 1.47 bits per heavy atom. The molecule has 2 nitrogen and oxygen atoms in total. The van der Waals surface area contributed by atoms with Crippen molar-refractivity contribution >= 4 is 51.7 Å². The van der Waals surface area contributed by atoms with E-state index in [1.165, 1.54) is 29.6 Å². The third-order valence-electron chi connectivity index (χ3n) is 1.75. The molecule has 0 N–H and O–H groups in total. The van der Waals surface area contributed by atoms with Crippen molar-refractivity contribution in [1.82, 2.24) is 4.98 Å². The van der Waals surface area contributed by atoms with E-state index in [9.17, 15) is 4.79 Å². The van der Waals surface area contributed by atoms with Crippen LogP contribution < -0.4 is 0 Å². The van der Waals surface area contributed by atoms with Gasteiger partial charge in [-0.3, -0.25) is 4.79 Å². The third-order valence-corrected chi connectivity index (χ3v) is 4.12. The quantitative estimate of drug-likeness (QED) is 0.763. The average molecular weight is 278 g/mol. The van der Waals surface area contributed by atoms with Gasteiger partial charge in [0.15, 0.2) is 5.78 Å². The van der Waals surface area contributed by atoms with Crippen LogP contribution in [0.15, 0.2) is 11.4 Å². The number of aromatic nitrogens is 1. The first kappa shape index (κ1) is 11.1. The van der Waals surface area contributed by atoms with Gasteiger partial charge in [0, 0.05) is 17.9 Å². The molecule has 0 aromatic carbocycles. The number of hydrogen-bond acceptors (Lipinski definition) is 4. The molecule has 0 atom stereocenters. The molecule has 2 heterocycles. The molecule has 0 aliphatic heterocycles. The van der Waals surface area contributed by atoms with Crippen LogP contribution in [-0.2, 0) is 0 Å². The maximum Gasteiger partial charge on any atom is 0.178 e. The zero-order valence-corrected chi connectivity index (χ0v) is 10.7. The normalized spacial score (nSPS) is 10.6. The highest BCUT2D eigenvalue weighted by atomic mass is 35.5. The Kier molecular flexibility index (Phi) is 3.11. The minimum Gasteiger partial charge on any atom is -0.293 e. The fourth-order valence-electron chi connectivity index (χ4n) is 1.05. The predicted octanol–water partition coefficient (Wildman–Crippen LogP) is 4.38. The van der Waals surface area contributed by atoms with Gasteiger partial charge in [0.25, 0.3) is 0 Å². The minimum absolute atomic E-state index is 0.0463. The molecule has 0 saturated carbocycles. The van der Waals surface area contributed by atoms with Crippen molar-refractivity contribution in [3.8, 4) is 10.6 Å². The Balaban J connectivity index is 2.45. The number of Topliss-reactive ketones (excluding diaryl/α,β-unsaturated/α-hetero) is 1. The monoisotopic (exact) mass is 277 g/mol. The molecule has 15 heavy (non-hydrogen) atoms. The van der Waals surface area contributed by atoms with Crippen molar-refractivity contribution in [1.29, 1.82) is 0 Å². The standard InChI is InChI=1S/C9H5Cl2NOS2/c1-4(13)6-3-14-9(12-6)5-2-7(10)15-8(5)11/h2-3H,1H3. The van der Waals surface area contributed by atoms with E-state index in [-0.39, 0.29) is 5.78 Å². The van der Waals surface area contributed by atoms with Crippen LogP contribution in [0.1, 0.15) is 17.4 Å². The lowest BCUT2D eigenvalue weighted by molar-refractivity contribution is 0.101. The Labute approximate surface area is 104 Å². The van der Waals surface area contributed by atoms with Crippen molar-refractivity contribution < 1.29 is 4.79 Å². The molecule has 0 unspecified atom stereocenters. The van der Waals surface area contributed by atoms with E-state index in [4.69, 9.17) is 23.2 Å². The smallest absolute Gasteiger partial charge is 0.178 e. The third kappa shape index (κ3) is 2.23. The molecule has 2 aromatic rings. The van der Waals surface area contributed by atoms with E-state index in [0.29, 0.717) is 14.4 Å². The Bertz CT molecular complexity index is 518. The van der Waals surface area contributed by atoms with E-state index >= 15 is 0 Å². The molecule has 0 spiro atoms. The summed E-state index contributed by atoms with van der Waals surface area (Å²) in [6.07, 6.45) is 0. The first-order valence-corrected chi connectivity index (χ1v) is 6.45. The highest BCUT2D eigenvalue weighted by Gasteiger charge is 2.13. The summed E-state index contributed by atoms with van der Waals surface area (Å²) in [6, 6.07) is 1.76. The molecule has 0 radical (unpaired) electrons. The SMILES string of the molecule is CC(=O)c1csc(-c2cc(Cl)sc2Cl)n1. The summed E-state index contributed by atoms with van der Waals surface area (Å²) in [6.45, 7) is 1.49. The molecule has 2 aromatic heterocycles. The molecule has 0 saturated heterocycles. The van der Waals surface area contributed by atoms with Crippen molar-refractivity contribution in [2.45, 2.75) is 6.92 Å². The topological polar surface area (TPSA) is 30.0 Å². The number of thiophene rings is 1. The van der Waals surface area contributed by atoms with Crippen LogP contribution in [0.3, 0.4) is 0 Å². The second kappa shape index (κ2) is 4.22. The molecular weight excluding hydrogens is 273 g/mol. The molecule has 0 amide bonds.